The number of rotatable bonds is 12. The predicted octanol–water partition coefficient (Wildman–Crippen LogP) is 8.40. The van der Waals surface area contributed by atoms with Gasteiger partial charge < -0.3 is 0 Å². The Balaban J connectivity index is 1.52. The first-order valence-electron chi connectivity index (χ1n) is 13.0. The molecule has 1 heterocycles. The molecule has 0 N–H and O–H groups in total. The molecule has 3 rings (SSSR count). The van der Waals surface area contributed by atoms with Crippen LogP contribution in [0.5, 0.6) is 0 Å². The highest BCUT2D eigenvalue weighted by Gasteiger charge is 2.35. The molecule has 0 bridgehead atoms. The highest BCUT2D eigenvalue weighted by atomic mass is 14.9. The van der Waals surface area contributed by atoms with Crippen LogP contribution in [0.4, 0.5) is 0 Å². The minimum atomic E-state index is -0.0731. The highest BCUT2D eigenvalue weighted by molar-refractivity contribution is 5.55. The summed E-state index contributed by atoms with van der Waals surface area (Å²) >= 11 is 0. The van der Waals surface area contributed by atoms with Gasteiger partial charge in [0.1, 0.15) is 0 Å². The normalized spacial score (nSPS) is 20.7. The molecule has 1 saturated carbocycles. The van der Waals surface area contributed by atoms with Gasteiger partial charge in [0.2, 0.25) is 0 Å². The van der Waals surface area contributed by atoms with Gasteiger partial charge in [-0.25, -0.2) is 9.97 Å². The van der Waals surface area contributed by atoms with E-state index in [0.717, 1.165) is 49.9 Å². The fourth-order valence-corrected chi connectivity index (χ4v) is 5.10. The van der Waals surface area contributed by atoms with Gasteiger partial charge in [-0.1, -0.05) is 83.1 Å². The Morgan fingerprint density at radius 1 is 0.875 bits per heavy atom. The van der Waals surface area contributed by atoms with Crippen molar-refractivity contribution in [2.45, 2.75) is 110 Å². The molecular formula is C29H41N3. The lowest BCUT2D eigenvalue weighted by Gasteiger charge is -2.35. The molecule has 0 radical (unpaired) electrons. The molecule has 1 aromatic carbocycles. The minimum absolute atomic E-state index is 0.0731. The summed E-state index contributed by atoms with van der Waals surface area (Å²) in [6.45, 7) is 4.49. The third-order valence-electron chi connectivity index (χ3n) is 7.35. The fourth-order valence-electron chi connectivity index (χ4n) is 5.10. The number of unbranched alkanes of at least 4 members (excludes halogenated alkanes) is 6. The largest absolute Gasteiger partial charge is 0.236 e. The van der Waals surface area contributed by atoms with Crippen molar-refractivity contribution in [3.63, 3.8) is 0 Å². The van der Waals surface area contributed by atoms with Crippen molar-refractivity contribution >= 4 is 0 Å². The molecule has 0 unspecified atom stereocenters. The van der Waals surface area contributed by atoms with E-state index in [9.17, 15) is 5.26 Å². The van der Waals surface area contributed by atoms with Crippen molar-refractivity contribution in [3.05, 3.63) is 47.8 Å². The van der Waals surface area contributed by atoms with Crippen LogP contribution in [0, 0.1) is 16.7 Å². The highest BCUT2D eigenvalue weighted by Crippen LogP contribution is 2.45. The molecule has 0 spiro atoms. The molecule has 1 aliphatic rings. The molecule has 0 amide bonds. The van der Waals surface area contributed by atoms with Crippen molar-refractivity contribution in [2.24, 2.45) is 5.41 Å². The van der Waals surface area contributed by atoms with Gasteiger partial charge in [0.25, 0.3) is 0 Å². The number of hydrogen-bond acceptors (Lipinski definition) is 3. The van der Waals surface area contributed by atoms with Gasteiger partial charge in [-0.2, -0.15) is 5.26 Å². The van der Waals surface area contributed by atoms with Gasteiger partial charge in [0.15, 0.2) is 5.82 Å². The predicted molar refractivity (Wildman–Crippen MR) is 133 cm³/mol. The Morgan fingerprint density at radius 3 is 2.09 bits per heavy atom. The lowest BCUT2D eigenvalue weighted by atomic mass is 9.67. The van der Waals surface area contributed by atoms with Crippen molar-refractivity contribution < 1.29 is 0 Å². The first kappa shape index (κ1) is 24.4. The smallest absolute Gasteiger partial charge is 0.159 e. The minimum Gasteiger partial charge on any atom is -0.236 e. The van der Waals surface area contributed by atoms with Gasteiger partial charge in [-0.05, 0) is 62.0 Å². The van der Waals surface area contributed by atoms with Crippen LogP contribution in [-0.2, 0) is 6.42 Å². The fraction of sp³-hybridized carbons (Fsp3) is 0.621. The summed E-state index contributed by atoms with van der Waals surface area (Å²) in [6, 6.07) is 11.5. The molecule has 32 heavy (non-hydrogen) atoms. The number of aromatic nitrogens is 2. The molecule has 0 saturated heterocycles. The van der Waals surface area contributed by atoms with Crippen LogP contribution in [0.1, 0.15) is 114 Å². The van der Waals surface area contributed by atoms with E-state index in [-0.39, 0.29) is 5.41 Å². The lowest BCUT2D eigenvalue weighted by molar-refractivity contribution is 0.223. The van der Waals surface area contributed by atoms with Crippen molar-refractivity contribution in [2.75, 3.05) is 0 Å². The molecule has 0 aliphatic heterocycles. The van der Waals surface area contributed by atoms with Gasteiger partial charge in [0.05, 0.1) is 11.5 Å². The van der Waals surface area contributed by atoms with Crippen molar-refractivity contribution in [3.8, 4) is 17.5 Å². The van der Waals surface area contributed by atoms with Crippen LogP contribution >= 0.6 is 0 Å². The second-order valence-corrected chi connectivity index (χ2v) is 9.82. The summed E-state index contributed by atoms with van der Waals surface area (Å²) in [5.74, 6) is 1.39. The molecule has 1 fully saturated rings. The third-order valence-corrected chi connectivity index (χ3v) is 7.35. The zero-order chi connectivity index (χ0) is 22.7. The summed E-state index contributed by atoms with van der Waals surface area (Å²) < 4.78 is 0. The summed E-state index contributed by atoms with van der Waals surface area (Å²) in [5.41, 5.74) is 3.65. The molecule has 2 aromatic rings. The van der Waals surface area contributed by atoms with Gasteiger partial charge in [-0.15, -0.1) is 0 Å². The van der Waals surface area contributed by atoms with E-state index < -0.39 is 0 Å². The second-order valence-electron chi connectivity index (χ2n) is 9.82. The Morgan fingerprint density at radius 2 is 1.50 bits per heavy atom. The Hall–Kier alpha value is -2.21. The first-order chi connectivity index (χ1) is 15.7. The van der Waals surface area contributed by atoms with Gasteiger partial charge in [0, 0.05) is 18.0 Å². The summed E-state index contributed by atoms with van der Waals surface area (Å²) in [7, 11) is 0. The van der Waals surface area contributed by atoms with E-state index in [1.165, 1.54) is 62.5 Å². The lowest BCUT2D eigenvalue weighted by Crippen LogP contribution is -2.25. The van der Waals surface area contributed by atoms with Gasteiger partial charge in [-0.3, -0.25) is 0 Å². The molecule has 3 nitrogen and oxygen atoms in total. The molecule has 3 heteroatoms. The molecule has 1 aromatic heterocycles. The zero-order valence-electron chi connectivity index (χ0n) is 20.3. The van der Waals surface area contributed by atoms with E-state index in [0.29, 0.717) is 5.92 Å². The van der Waals surface area contributed by atoms with E-state index in [1.807, 2.05) is 12.4 Å². The topological polar surface area (TPSA) is 49.6 Å². The zero-order valence-corrected chi connectivity index (χ0v) is 20.3. The summed E-state index contributed by atoms with van der Waals surface area (Å²) in [5, 5.41) is 9.84. The maximum atomic E-state index is 9.84. The number of aryl methyl sites for hydroxylation is 1. The molecule has 1 aliphatic carbocycles. The van der Waals surface area contributed by atoms with E-state index in [2.05, 4.69) is 54.2 Å². The van der Waals surface area contributed by atoms with Crippen LogP contribution in [-0.4, -0.2) is 9.97 Å². The van der Waals surface area contributed by atoms with E-state index in [4.69, 9.17) is 0 Å². The number of nitriles is 1. The maximum Gasteiger partial charge on any atom is 0.159 e. The van der Waals surface area contributed by atoms with E-state index in [1.54, 1.807) is 0 Å². The van der Waals surface area contributed by atoms with Gasteiger partial charge >= 0.3 is 0 Å². The van der Waals surface area contributed by atoms with Crippen molar-refractivity contribution in [1.29, 1.82) is 5.26 Å². The third kappa shape index (κ3) is 6.89. The van der Waals surface area contributed by atoms with Crippen LogP contribution in [0.25, 0.3) is 11.4 Å². The molecular weight excluding hydrogens is 390 g/mol. The quantitative estimate of drug-likeness (QED) is 0.317. The average molecular weight is 432 g/mol. The van der Waals surface area contributed by atoms with Crippen LogP contribution in [0.2, 0.25) is 0 Å². The first-order valence-corrected chi connectivity index (χ1v) is 13.0. The molecule has 172 valence electrons. The Labute approximate surface area is 195 Å². The van der Waals surface area contributed by atoms with Crippen LogP contribution < -0.4 is 0 Å². The van der Waals surface area contributed by atoms with Crippen LogP contribution in [0.3, 0.4) is 0 Å². The van der Waals surface area contributed by atoms with Crippen molar-refractivity contribution in [1.82, 2.24) is 9.97 Å². The average Bonchev–Trinajstić information content (AvgIpc) is 2.85. The maximum absolute atomic E-state index is 9.84. The number of nitrogens with zero attached hydrogens (tertiary/aromatic N) is 3. The van der Waals surface area contributed by atoms with Crippen LogP contribution in [0.15, 0.2) is 36.7 Å². The monoisotopic (exact) mass is 431 g/mol. The number of benzene rings is 1. The standard InChI is InChI=1S/C29H41N3/c1-3-5-7-9-11-24-21-31-28(32-22-24)27-14-12-25(13-15-27)26-16-19-29(23-30,20-17-26)18-10-8-6-4-2/h12-15,21-22,26H,3-11,16-20H2,1-2H3. The second kappa shape index (κ2) is 12.7. The molecule has 0 atom stereocenters. The Kier molecular flexibility index (Phi) is 9.72. The van der Waals surface area contributed by atoms with E-state index >= 15 is 0 Å². The SMILES string of the molecule is CCCCCCc1cnc(-c2ccc(C3CCC(C#N)(CCCCCC)CC3)cc2)nc1. The summed E-state index contributed by atoms with van der Waals surface area (Å²) in [4.78, 5) is 9.23. The Bertz CT molecular complexity index is 824. The number of hydrogen-bond donors (Lipinski definition) is 0. The summed E-state index contributed by atoms with van der Waals surface area (Å²) in [6.07, 6.45) is 20.6.